The lowest BCUT2D eigenvalue weighted by Gasteiger charge is -2.30. The van der Waals surface area contributed by atoms with Gasteiger partial charge in [-0.25, -0.2) is 0 Å². The van der Waals surface area contributed by atoms with Gasteiger partial charge in [0.05, 0.1) is 11.4 Å². The molecule has 0 saturated carbocycles. The molecule has 0 atom stereocenters. The fourth-order valence-electron chi connectivity index (χ4n) is 9.38. The Morgan fingerprint density at radius 2 is 0.633 bits per heavy atom. The molecule has 0 N–H and O–H groups in total. The molecule has 0 aliphatic carbocycles. The zero-order chi connectivity index (χ0) is 39.9. The molecule has 0 aliphatic rings. The molecule has 12 rings (SSSR count). The van der Waals surface area contributed by atoms with Crippen LogP contribution in [-0.4, -0.2) is 0 Å². The SMILES string of the molecule is Cc1cccc(N(c2ccc3oc4ccccc4c3c2)c2cc3c4ccccc4c(N(c4cccc(C)c4)c4ccc5oc6ccccc6c5c4)cc3c3ccccc23)c1. The van der Waals surface area contributed by atoms with Crippen LogP contribution in [0.25, 0.3) is 76.2 Å². The van der Waals surface area contributed by atoms with Gasteiger partial charge >= 0.3 is 0 Å². The molecule has 60 heavy (non-hydrogen) atoms. The first-order chi connectivity index (χ1) is 29.6. The van der Waals surface area contributed by atoms with Crippen LogP contribution >= 0.6 is 0 Å². The zero-order valence-electron chi connectivity index (χ0n) is 33.2. The predicted molar refractivity (Wildman–Crippen MR) is 252 cm³/mol. The van der Waals surface area contributed by atoms with Crippen LogP contribution in [0, 0.1) is 13.8 Å². The first-order valence-electron chi connectivity index (χ1n) is 20.5. The van der Waals surface area contributed by atoms with Crippen LogP contribution in [0.4, 0.5) is 34.1 Å². The van der Waals surface area contributed by atoms with Crippen molar-refractivity contribution < 1.29 is 8.83 Å². The fourth-order valence-corrected chi connectivity index (χ4v) is 9.38. The fraction of sp³-hybridized carbons (Fsp3) is 0.0357. The van der Waals surface area contributed by atoms with E-state index in [-0.39, 0.29) is 0 Å². The average molecular weight is 771 g/mol. The van der Waals surface area contributed by atoms with E-state index < -0.39 is 0 Å². The first kappa shape index (κ1) is 34.2. The van der Waals surface area contributed by atoms with Crippen LogP contribution in [0.15, 0.2) is 203 Å². The second kappa shape index (κ2) is 13.4. The van der Waals surface area contributed by atoms with Crippen LogP contribution < -0.4 is 9.80 Å². The smallest absolute Gasteiger partial charge is 0.135 e. The van der Waals surface area contributed by atoms with E-state index in [2.05, 4.69) is 194 Å². The zero-order valence-corrected chi connectivity index (χ0v) is 33.2. The summed E-state index contributed by atoms with van der Waals surface area (Å²) in [6.07, 6.45) is 0. The summed E-state index contributed by atoms with van der Waals surface area (Å²) in [6.45, 7) is 4.32. The van der Waals surface area contributed by atoms with Gasteiger partial charge in [0, 0.05) is 55.1 Å². The number of nitrogens with zero attached hydrogens (tertiary/aromatic N) is 2. The molecule has 4 heteroatoms. The summed E-state index contributed by atoms with van der Waals surface area (Å²) in [5, 5.41) is 11.5. The molecule has 0 aliphatic heterocycles. The Morgan fingerprint density at radius 1 is 0.267 bits per heavy atom. The maximum atomic E-state index is 6.30. The summed E-state index contributed by atoms with van der Waals surface area (Å²) < 4.78 is 12.6. The van der Waals surface area contributed by atoms with Gasteiger partial charge in [0.2, 0.25) is 0 Å². The molecule has 0 unspecified atom stereocenters. The van der Waals surface area contributed by atoms with E-state index in [1.54, 1.807) is 0 Å². The van der Waals surface area contributed by atoms with E-state index in [1.165, 1.54) is 43.4 Å². The minimum atomic E-state index is 0.879. The lowest BCUT2D eigenvalue weighted by atomic mass is 9.93. The molecule has 0 amide bonds. The van der Waals surface area contributed by atoms with Crippen LogP contribution in [0.1, 0.15) is 11.1 Å². The summed E-state index contributed by atoms with van der Waals surface area (Å²) in [6, 6.07) is 69.9. The second-order valence-electron chi connectivity index (χ2n) is 15.9. The van der Waals surface area contributed by atoms with E-state index in [0.29, 0.717) is 0 Å². The van der Waals surface area contributed by atoms with Crippen molar-refractivity contribution in [2.75, 3.05) is 9.80 Å². The Balaban J connectivity index is 1.15. The maximum absolute atomic E-state index is 6.30. The second-order valence-corrected chi connectivity index (χ2v) is 15.9. The third-order valence-electron chi connectivity index (χ3n) is 12.1. The Bertz CT molecular complexity index is 3430. The number of fused-ring (bicyclic) bond motifs is 11. The number of rotatable bonds is 6. The van der Waals surface area contributed by atoms with Crippen molar-refractivity contribution in [3.63, 3.8) is 0 Å². The molecule has 2 aromatic heterocycles. The number of para-hydroxylation sites is 2. The van der Waals surface area contributed by atoms with Gasteiger partial charge in [0.15, 0.2) is 0 Å². The van der Waals surface area contributed by atoms with E-state index >= 15 is 0 Å². The van der Waals surface area contributed by atoms with Gasteiger partial charge in [-0.3, -0.25) is 0 Å². The molecule has 0 radical (unpaired) electrons. The molecule has 10 aromatic carbocycles. The lowest BCUT2D eigenvalue weighted by molar-refractivity contribution is 0.668. The topological polar surface area (TPSA) is 32.8 Å². The van der Waals surface area contributed by atoms with Crippen molar-refractivity contribution in [2.45, 2.75) is 13.8 Å². The van der Waals surface area contributed by atoms with Gasteiger partial charge < -0.3 is 18.6 Å². The van der Waals surface area contributed by atoms with Crippen molar-refractivity contribution >= 4 is 110 Å². The molecule has 2 heterocycles. The monoisotopic (exact) mass is 770 g/mol. The third-order valence-corrected chi connectivity index (χ3v) is 12.1. The molecule has 0 spiro atoms. The highest BCUT2D eigenvalue weighted by molar-refractivity contribution is 6.25. The Kier molecular flexibility index (Phi) is 7.63. The van der Waals surface area contributed by atoms with Gasteiger partial charge in [-0.1, -0.05) is 109 Å². The van der Waals surface area contributed by atoms with E-state index in [1.807, 2.05) is 24.3 Å². The third kappa shape index (κ3) is 5.38. The standard InChI is InChI=1S/C56H38N2O2/c1-35-13-11-15-37(29-35)57(39-25-27-55-49(31-39)45-21-7-9-23-53(45)59-55)51-33-47-42-18-4-6-20-44(42)52(34-48(47)41-17-3-5-19-43(41)51)58(38-16-12-14-36(2)30-38)40-26-28-56-50(32-40)46-22-8-10-24-54(46)60-56/h3-34H,1-2H3. The van der Waals surface area contributed by atoms with E-state index in [4.69, 9.17) is 8.83 Å². The van der Waals surface area contributed by atoms with Crippen molar-refractivity contribution in [3.8, 4) is 0 Å². The number of hydrogen-bond acceptors (Lipinski definition) is 4. The summed E-state index contributed by atoms with van der Waals surface area (Å²) in [4.78, 5) is 4.84. The summed E-state index contributed by atoms with van der Waals surface area (Å²) in [5.41, 5.74) is 12.5. The predicted octanol–water partition coefficient (Wildman–Crippen LogP) is 16.5. The first-order valence-corrected chi connectivity index (χ1v) is 20.5. The normalized spacial score (nSPS) is 11.8. The molecule has 0 saturated heterocycles. The van der Waals surface area contributed by atoms with Crippen LogP contribution in [0.5, 0.6) is 0 Å². The van der Waals surface area contributed by atoms with Crippen LogP contribution in [0.3, 0.4) is 0 Å². The summed E-state index contributed by atoms with van der Waals surface area (Å²) in [7, 11) is 0. The number of furan rings is 2. The number of anilines is 6. The Hall–Kier alpha value is -7.82. The van der Waals surface area contributed by atoms with Gasteiger partial charge in [-0.15, -0.1) is 0 Å². The largest absolute Gasteiger partial charge is 0.456 e. The van der Waals surface area contributed by atoms with E-state index in [0.717, 1.165) is 78.0 Å². The van der Waals surface area contributed by atoms with Crippen LogP contribution in [-0.2, 0) is 0 Å². The lowest BCUT2D eigenvalue weighted by Crippen LogP contribution is -2.12. The van der Waals surface area contributed by atoms with E-state index in [9.17, 15) is 0 Å². The average Bonchev–Trinajstić information content (AvgIpc) is 3.85. The quantitative estimate of drug-likeness (QED) is 0.158. The Morgan fingerprint density at radius 3 is 1.07 bits per heavy atom. The highest BCUT2D eigenvalue weighted by Gasteiger charge is 2.23. The molecular weight excluding hydrogens is 733 g/mol. The summed E-state index contributed by atoms with van der Waals surface area (Å²) >= 11 is 0. The summed E-state index contributed by atoms with van der Waals surface area (Å²) in [5.74, 6) is 0. The number of aryl methyl sites for hydroxylation is 2. The molecule has 0 bridgehead atoms. The number of benzene rings is 10. The van der Waals surface area contributed by atoms with Crippen molar-refractivity contribution in [1.29, 1.82) is 0 Å². The van der Waals surface area contributed by atoms with Crippen molar-refractivity contribution in [1.82, 2.24) is 0 Å². The molecule has 284 valence electrons. The molecular formula is C56H38N2O2. The molecule has 0 fully saturated rings. The van der Waals surface area contributed by atoms with Gasteiger partial charge in [-0.05, 0) is 131 Å². The molecule has 12 aromatic rings. The molecule has 4 nitrogen and oxygen atoms in total. The van der Waals surface area contributed by atoms with Crippen molar-refractivity contribution in [3.05, 3.63) is 205 Å². The highest BCUT2D eigenvalue weighted by Crippen LogP contribution is 2.49. The van der Waals surface area contributed by atoms with Crippen LogP contribution in [0.2, 0.25) is 0 Å². The minimum Gasteiger partial charge on any atom is -0.456 e. The highest BCUT2D eigenvalue weighted by atomic mass is 16.3. The van der Waals surface area contributed by atoms with Gasteiger partial charge in [-0.2, -0.15) is 0 Å². The maximum Gasteiger partial charge on any atom is 0.135 e. The Labute approximate surface area is 346 Å². The number of hydrogen-bond donors (Lipinski definition) is 0. The van der Waals surface area contributed by atoms with Gasteiger partial charge in [0.1, 0.15) is 22.3 Å². The minimum absolute atomic E-state index is 0.879. The van der Waals surface area contributed by atoms with Gasteiger partial charge in [0.25, 0.3) is 0 Å². The van der Waals surface area contributed by atoms with Crippen molar-refractivity contribution in [2.24, 2.45) is 0 Å².